The third-order valence-corrected chi connectivity index (χ3v) is 10.2. The number of fused-ring (bicyclic) bond motifs is 5. The fraction of sp³-hybridized carbons (Fsp3) is 0.667. The van der Waals surface area contributed by atoms with Crippen molar-refractivity contribution >= 4 is 11.5 Å². The maximum absolute atomic E-state index is 12.6. The molecule has 0 aliphatic heterocycles. The molecule has 1 heterocycles. The number of esters is 1. The first kappa shape index (κ1) is 24.7. The van der Waals surface area contributed by atoms with Crippen LogP contribution in [-0.4, -0.2) is 29.6 Å². The Labute approximate surface area is 210 Å². The van der Waals surface area contributed by atoms with E-state index in [1.165, 1.54) is 36.0 Å². The van der Waals surface area contributed by atoms with Crippen LogP contribution in [0.4, 0.5) is 0 Å². The average Bonchev–Trinajstić information content (AvgIpc) is 3.22. The zero-order valence-corrected chi connectivity index (χ0v) is 21.5. The molecule has 2 fully saturated rings. The first-order valence-electron chi connectivity index (χ1n) is 13.8. The summed E-state index contributed by atoms with van der Waals surface area (Å²) in [5.74, 6) is 1.91. The number of carbonyl (C=O) groups is 1. The van der Waals surface area contributed by atoms with Gasteiger partial charge in [-0.15, -0.1) is 0 Å². The van der Waals surface area contributed by atoms with Gasteiger partial charge in [0, 0.05) is 18.8 Å². The van der Waals surface area contributed by atoms with E-state index in [1.54, 1.807) is 0 Å². The van der Waals surface area contributed by atoms with Gasteiger partial charge in [0.05, 0.1) is 0 Å². The van der Waals surface area contributed by atoms with Crippen LogP contribution >= 0.6 is 0 Å². The number of pyridine rings is 1. The lowest BCUT2D eigenvalue weighted by Gasteiger charge is -2.57. The van der Waals surface area contributed by atoms with Gasteiger partial charge in [0.15, 0.2) is 0 Å². The SMILES string of the molecule is C[C@]12CC[C@H](OC(=O)[C@H](N)CCCCN)CC1=CC[C@@H]1[C@@H]2CC[C@]2(C)C(c3cccnc3)=CC[C@@H]12. The molecule has 4 aliphatic carbocycles. The molecule has 0 unspecified atom stereocenters. The largest absolute Gasteiger partial charge is 0.461 e. The van der Waals surface area contributed by atoms with Crippen molar-refractivity contribution in [2.45, 2.75) is 90.2 Å². The van der Waals surface area contributed by atoms with Gasteiger partial charge in [-0.25, -0.2) is 0 Å². The zero-order chi connectivity index (χ0) is 24.6. The summed E-state index contributed by atoms with van der Waals surface area (Å²) in [5, 5.41) is 0. The summed E-state index contributed by atoms with van der Waals surface area (Å²) in [4.78, 5) is 17.0. The molecule has 5 nitrogen and oxygen atoms in total. The monoisotopic (exact) mass is 477 g/mol. The third kappa shape index (κ3) is 4.40. The van der Waals surface area contributed by atoms with E-state index in [4.69, 9.17) is 16.2 Å². The molecule has 0 aromatic carbocycles. The molecule has 35 heavy (non-hydrogen) atoms. The zero-order valence-electron chi connectivity index (χ0n) is 21.5. The summed E-state index contributed by atoms with van der Waals surface area (Å²) >= 11 is 0. The maximum Gasteiger partial charge on any atom is 0.323 e. The summed E-state index contributed by atoms with van der Waals surface area (Å²) in [6.45, 7) is 5.65. The molecule has 1 aromatic heterocycles. The summed E-state index contributed by atoms with van der Waals surface area (Å²) < 4.78 is 5.91. The fourth-order valence-electron chi connectivity index (χ4n) is 8.14. The Kier molecular flexibility index (Phi) is 6.93. The van der Waals surface area contributed by atoms with E-state index in [2.05, 4.69) is 43.1 Å². The van der Waals surface area contributed by atoms with Gasteiger partial charge in [-0.1, -0.05) is 44.1 Å². The number of carbonyl (C=O) groups excluding carboxylic acids is 1. The van der Waals surface area contributed by atoms with Crippen molar-refractivity contribution in [3.63, 3.8) is 0 Å². The molecule has 7 atom stereocenters. The van der Waals surface area contributed by atoms with Crippen molar-refractivity contribution in [2.24, 2.45) is 40.1 Å². The molecule has 0 saturated heterocycles. The maximum atomic E-state index is 12.6. The molecule has 0 radical (unpaired) electrons. The first-order valence-corrected chi connectivity index (χ1v) is 13.8. The molecule has 2 saturated carbocycles. The minimum atomic E-state index is -0.528. The Balaban J connectivity index is 1.26. The summed E-state index contributed by atoms with van der Waals surface area (Å²) in [5.41, 5.74) is 16.5. The number of allylic oxidation sites excluding steroid dienone is 3. The van der Waals surface area contributed by atoms with Crippen molar-refractivity contribution in [1.82, 2.24) is 4.98 Å². The van der Waals surface area contributed by atoms with Crippen LogP contribution in [0, 0.1) is 28.6 Å². The number of hydrogen-bond acceptors (Lipinski definition) is 5. The predicted molar refractivity (Wildman–Crippen MR) is 140 cm³/mol. The lowest BCUT2D eigenvalue weighted by atomic mass is 9.47. The van der Waals surface area contributed by atoms with Crippen LogP contribution in [0.3, 0.4) is 0 Å². The van der Waals surface area contributed by atoms with E-state index >= 15 is 0 Å². The van der Waals surface area contributed by atoms with E-state index in [0.29, 0.717) is 18.9 Å². The van der Waals surface area contributed by atoms with Crippen LogP contribution in [0.25, 0.3) is 5.57 Å². The number of nitrogens with two attached hydrogens (primary N) is 2. The van der Waals surface area contributed by atoms with E-state index in [-0.39, 0.29) is 22.9 Å². The minimum absolute atomic E-state index is 0.0295. The Hall–Kier alpha value is -1.98. The quantitative estimate of drug-likeness (QED) is 0.311. The van der Waals surface area contributed by atoms with Crippen LogP contribution in [-0.2, 0) is 9.53 Å². The highest BCUT2D eigenvalue weighted by atomic mass is 16.5. The van der Waals surface area contributed by atoms with Gasteiger partial charge in [-0.05, 0) is 104 Å². The molecule has 5 rings (SSSR count). The van der Waals surface area contributed by atoms with Gasteiger partial charge in [0.25, 0.3) is 0 Å². The topological polar surface area (TPSA) is 91.2 Å². The second-order valence-corrected chi connectivity index (χ2v) is 12.0. The summed E-state index contributed by atoms with van der Waals surface area (Å²) in [6, 6.07) is 3.76. The van der Waals surface area contributed by atoms with Crippen LogP contribution in [0.1, 0.15) is 83.6 Å². The van der Waals surface area contributed by atoms with Crippen LogP contribution < -0.4 is 11.5 Å². The second-order valence-electron chi connectivity index (χ2n) is 12.0. The van der Waals surface area contributed by atoms with Crippen molar-refractivity contribution in [2.75, 3.05) is 6.54 Å². The normalized spacial score (nSPS) is 36.8. The number of ether oxygens (including phenoxy) is 1. The Morgan fingerprint density at radius 2 is 1.97 bits per heavy atom. The van der Waals surface area contributed by atoms with Crippen molar-refractivity contribution in [3.05, 3.63) is 47.8 Å². The molecule has 5 heteroatoms. The van der Waals surface area contributed by atoms with Crippen LogP contribution in [0.5, 0.6) is 0 Å². The molecular formula is C30H43N3O2. The number of hydrogen-bond donors (Lipinski definition) is 2. The number of unbranched alkanes of at least 4 members (excludes halogenated alkanes) is 1. The Morgan fingerprint density at radius 1 is 1.14 bits per heavy atom. The van der Waals surface area contributed by atoms with Gasteiger partial charge in [0.1, 0.15) is 12.1 Å². The van der Waals surface area contributed by atoms with Gasteiger partial charge in [-0.3, -0.25) is 9.78 Å². The fourth-order valence-corrected chi connectivity index (χ4v) is 8.14. The number of nitrogens with zero attached hydrogens (tertiary/aromatic N) is 1. The van der Waals surface area contributed by atoms with Gasteiger partial charge < -0.3 is 16.2 Å². The number of rotatable bonds is 7. The highest BCUT2D eigenvalue weighted by molar-refractivity contribution is 5.75. The summed E-state index contributed by atoms with van der Waals surface area (Å²) in [6.07, 6.45) is 19.1. The van der Waals surface area contributed by atoms with Crippen LogP contribution in [0.15, 0.2) is 42.3 Å². The average molecular weight is 478 g/mol. The van der Waals surface area contributed by atoms with E-state index in [0.717, 1.165) is 50.4 Å². The van der Waals surface area contributed by atoms with Crippen molar-refractivity contribution in [3.8, 4) is 0 Å². The third-order valence-electron chi connectivity index (χ3n) is 10.2. The van der Waals surface area contributed by atoms with Crippen molar-refractivity contribution in [1.29, 1.82) is 0 Å². The molecule has 0 spiro atoms. The Morgan fingerprint density at radius 3 is 2.74 bits per heavy atom. The number of aromatic nitrogens is 1. The second kappa shape index (κ2) is 9.82. The van der Waals surface area contributed by atoms with Gasteiger partial charge in [0.2, 0.25) is 0 Å². The molecule has 1 aromatic rings. The van der Waals surface area contributed by atoms with Gasteiger partial charge >= 0.3 is 5.97 Å². The Bertz CT molecular complexity index is 989. The molecular weight excluding hydrogens is 434 g/mol. The van der Waals surface area contributed by atoms with Crippen molar-refractivity contribution < 1.29 is 9.53 Å². The molecule has 0 bridgehead atoms. The predicted octanol–water partition coefficient (Wildman–Crippen LogP) is 5.41. The summed E-state index contributed by atoms with van der Waals surface area (Å²) in [7, 11) is 0. The van der Waals surface area contributed by atoms with Crippen LogP contribution in [0.2, 0.25) is 0 Å². The van der Waals surface area contributed by atoms with E-state index < -0.39 is 6.04 Å². The highest BCUT2D eigenvalue weighted by Gasteiger charge is 2.57. The van der Waals surface area contributed by atoms with E-state index in [1.807, 2.05) is 12.4 Å². The molecule has 0 amide bonds. The lowest BCUT2D eigenvalue weighted by Crippen LogP contribution is -2.50. The smallest absolute Gasteiger partial charge is 0.323 e. The highest BCUT2D eigenvalue weighted by Crippen LogP contribution is 2.66. The first-order chi connectivity index (χ1) is 16.9. The molecule has 4 N–H and O–H groups in total. The molecule has 4 aliphatic rings. The van der Waals surface area contributed by atoms with E-state index in [9.17, 15) is 4.79 Å². The standard InChI is InChI=1S/C30H43N3O2/c1-29-14-12-22(35-28(34)27(32)7-3-4-16-31)18-21(29)8-9-23-25-11-10-24(20-6-5-17-33-19-20)30(25,2)15-13-26(23)29/h5-6,8,10,17,19,22-23,25-27H,3-4,7,9,11-16,18,31-32H2,1-2H3/t22-,23-,25-,26-,27+,29-,30+/m0/s1. The minimum Gasteiger partial charge on any atom is -0.461 e. The lowest BCUT2D eigenvalue weighted by molar-refractivity contribution is -0.153. The van der Waals surface area contributed by atoms with Gasteiger partial charge in [-0.2, -0.15) is 0 Å². The molecule has 190 valence electrons.